The summed E-state index contributed by atoms with van der Waals surface area (Å²) in [5.74, 6) is -1.43. The maximum Gasteiger partial charge on any atom is 0.349 e. The number of thioether (sulfide) groups is 1. The van der Waals surface area contributed by atoms with Gasteiger partial charge in [-0.1, -0.05) is 91.0 Å². The number of nitrogens with one attached hydrogen (secondary N) is 1. The van der Waals surface area contributed by atoms with Crippen molar-refractivity contribution in [2.24, 2.45) is 0 Å². The normalized spacial score (nSPS) is 23.9. The minimum Gasteiger partial charge on any atom is -0.323 e. The van der Waals surface area contributed by atoms with E-state index in [0.717, 1.165) is 16.7 Å². The van der Waals surface area contributed by atoms with Crippen LogP contribution in [0.1, 0.15) is 30.5 Å². The molecule has 3 aromatic rings. The molecule has 0 aliphatic carbocycles. The van der Waals surface area contributed by atoms with Crippen LogP contribution in [0.15, 0.2) is 91.0 Å². The molecule has 2 aliphatic heterocycles. The zero-order valence-corrected chi connectivity index (χ0v) is 20.6. The molecule has 3 unspecified atom stereocenters. The van der Waals surface area contributed by atoms with Crippen LogP contribution in [0.2, 0.25) is 0 Å². The number of amides is 1. The molecule has 6 nitrogen and oxygen atoms in total. The van der Waals surface area contributed by atoms with Crippen molar-refractivity contribution in [3.05, 3.63) is 108 Å². The fraction of sp³-hybridized carbons (Fsp3) is 0.269. The molecule has 3 atom stereocenters. The number of β-lactam (4-membered cyclic amide) rings is 1. The minimum absolute atomic E-state index is 0.288. The predicted octanol–water partition coefficient (Wildman–Crippen LogP) is 4.13. The number of carbonyl (C=O) groups is 1. The number of nitrogens with zero attached hydrogens (tertiary/aromatic N) is 1. The molecule has 34 heavy (non-hydrogen) atoms. The van der Waals surface area contributed by atoms with Crippen LogP contribution in [-0.4, -0.2) is 42.5 Å². The average molecular weight is 495 g/mol. The maximum atomic E-state index is 13.5. The van der Waals surface area contributed by atoms with Gasteiger partial charge in [0.05, 0.1) is 5.54 Å². The summed E-state index contributed by atoms with van der Waals surface area (Å²) in [7, 11) is -4.51. The number of hydrogen-bond acceptors (Lipinski definition) is 4. The van der Waals surface area contributed by atoms with Gasteiger partial charge in [0.25, 0.3) is 0 Å². The van der Waals surface area contributed by atoms with E-state index < -0.39 is 29.7 Å². The number of benzene rings is 3. The summed E-state index contributed by atoms with van der Waals surface area (Å²) >= 11 is 1.44. The standard InChI is InChI=1S/C26H27N2O4PS/c1-25(2)24(33(30,31)32)28-22(29)21(23(28)34-25)27-26(18-12-6-3-7-13-18,19-14-8-4-9-15-19)20-16-10-5-11-17-20/h3-17,21,23-24,27H,1-2H3,(H2,30,31,32). The fourth-order valence-corrected chi connectivity index (χ4v) is 8.92. The van der Waals surface area contributed by atoms with Crippen LogP contribution in [0.4, 0.5) is 0 Å². The number of carbonyl (C=O) groups excluding carboxylic acids is 1. The van der Waals surface area contributed by atoms with Crippen molar-refractivity contribution in [1.29, 1.82) is 0 Å². The number of fused-ring (bicyclic) bond motifs is 1. The smallest absolute Gasteiger partial charge is 0.323 e. The van der Waals surface area contributed by atoms with E-state index in [1.165, 1.54) is 16.7 Å². The van der Waals surface area contributed by atoms with Crippen LogP contribution in [0.3, 0.4) is 0 Å². The second-order valence-corrected chi connectivity index (χ2v) is 12.7. The highest BCUT2D eigenvalue weighted by atomic mass is 32.2. The molecule has 0 radical (unpaired) electrons. The Bertz CT molecular complexity index is 1140. The third-order valence-corrected chi connectivity index (χ3v) is 9.98. The summed E-state index contributed by atoms with van der Waals surface area (Å²) in [6, 6.07) is 29.4. The van der Waals surface area contributed by atoms with Crippen molar-refractivity contribution in [1.82, 2.24) is 10.2 Å². The minimum atomic E-state index is -4.51. The molecule has 176 valence electrons. The molecule has 2 fully saturated rings. The lowest BCUT2D eigenvalue weighted by Crippen LogP contribution is -2.71. The monoisotopic (exact) mass is 494 g/mol. The lowest BCUT2D eigenvalue weighted by molar-refractivity contribution is -0.147. The Balaban J connectivity index is 1.64. The summed E-state index contributed by atoms with van der Waals surface area (Å²) in [4.78, 5) is 34.9. The number of rotatable bonds is 6. The van der Waals surface area contributed by atoms with E-state index in [2.05, 4.69) is 5.32 Å². The van der Waals surface area contributed by atoms with E-state index in [1.807, 2.05) is 91.0 Å². The van der Waals surface area contributed by atoms with E-state index in [1.54, 1.807) is 13.8 Å². The zero-order valence-electron chi connectivity index (χ0n) is 18.9. The summed E-state index contributed by atoms with van der Waals surface area (Å²) in [5, 5.41) is 3.30. The summed E-state index contributed by atoms with van der Waals surface area (Å²) < 4.78 is 11.5. The van der Waals surface area contributed by atoms with Gasteiger partial charge in [-0.2, -0.15) is 0 Å². The molecular formula is C26H27N2O4PS. The van der Waals surface area contributed by atoms with E-state index in [4.69, 9.17) is 0 Å². The SMILES string of the molecule is CC1(C)SC2C(NC(c3ccccc3)(c3ccccc3)c3ccccc3)C(=O)N2C1P(=O)(O)O. The zero-order chi connectivity index (χ0) is 24.1. The van der Waals surface area contributed by atoms with Crippen LogP contribution in [0.5, 0.6) is 0 Å². The highest BCUT2D eigenvalue weighted by Gasteiger charge is 2.67. The van der Waals surface area contributed by atoms with Gasteiger partial charge in [0, 0.05) is 4.75 Å². The second-order valence-electron chi connectivity index (χ2n) is 9.29. The Morgan fingerprint density at radius 3 is 1.65 bits per heavy atom. The Morgan fingerprint density at radius 2 is 1.26 bits per heavy atom. The van der Waals surface area contributed by atoms with Crippen molar-refractivity contribution in [2.45, 2.75) is 41.3 Å². The van der Waals surface area contributed by atoms with Crippen molar-refractivity contribution >= 4 is 25.3 Å². The highest BCUT2D eigenvalue weighted by molar-refractivity contribution is 8.02. The van der Waals surface area contributed by atoms with Crippen molar-refractivity contribution in [2.75, 3.05) is 0 Å². The van der Waals surface area contributed by atoms with Gasteiger partial charge in [0.1, 0.15) is 17.2 Å². The third-order valence-electron chi connectivity index (χ3n) is 6.70. The largest absolute Gasteiger partial charge is 0.349 e. The number of hydrogen-bond donors (Lipinski definition) is 3. The van der Waals surface area contributed by atoms with Crippen molar-refractivity contribution < 1.29 is 19.1 Å². The quantitative estimate of drug-likeness (QED) is 0.271. The van der Waals surface area contributed by atoms with Gasteiger partial charge in [0.15, 0.2) is 0 Å². The lowest BCUT2D eigenvalue weighted by Gasteiger charge is -2.49. The van der Waals surface area contributed by atoms with Gasteiger partial charge in [-0.05, 0) is 30.5 Å². The first-order chi connectivity index (χ1) is 16.2. The fourth-order valence-electron chi connectivity index (χ4n) is 5.33. The summed E-state index contributed by atoms with van der Waals surface area (Å²) in [6.07, 6.45) is 0. The van der Waals surface area contributed by atoms with Crippen LogP contribution in [0, 0.1) is 0 Å². The average Bonchev–Trinajstić information content (AvgIpc) is 3.10. The molecule has 2 saturated heterocycles. The molecule has 2 aliphatic rings. The van der Waals surface area contributed by atoms with Gasteiger partial charge in [-0.25, -0.2) is 0 Å². The Morgan fingerprint density at radius 1 is 0.853 bits per heavy atom. The molecule has 3 aromatic carbocycles. The van der Waals surface area contributed by atoms with Gasteiger partial charge in [0.2, 0.25) is 5.91 Å². The van der Waals surface area contributed by atoms with Crippen molar-refractivity contribution in [3.63, 3.8) is 0 Å². The van der Waals surface area contributed by atoms with Crippen LogP contribution < -0.4 is 5.32 Å². The van der Waals surface area contributed by atoms with E-state index >= 15 is 0 Å². The lowest BCUT2D eigenvalue weighted by atomic mass is 9.76. The van der Waals surface area contributed by atoms with Gasteiger partial charge >= 0.3 is 7.60 Å². The molecule has 3 N–H and O–H groups in total. The Labute approximate surface area is 203 Å². The Hall–Kier alpha value is -2.41. The molecule has 8 heteroatoms. The summed E-state index contributed by atoms with van der Waals surface area (Å²) in [5.41, 5.74) is 2.11. The van der Waals surface area contributed by atoms with Gasteiger partial charge in [-0.15, -0.1) is 11.8 Å². The van der Waals surface area contributed by atoms with E-state index in [-0.39, 0.29) is 11.3 Å². The second kappa shape index (κ2) is 8.36. The molecular weight excluding hydrogens is 467 g/mol. The van der Waals surface area contributed by atoms with Crippen molar-refractivity contribution in [3.8, 4) is 0 Å². The van der Waals surface area contributed by atoms with E-state index in [9.17, 15) is 19.1 Å². The first-order valence-electron chi connectivity index (χ1n) is 11.2. The molecule has 1 amide bonds. The highest BCUT2D eigenvalue weighted by Crippen LogP contribution is 2.62. The van der Waals surface area contributed by atoms with Gasteiger partial charge in [-0.3, -0.25) is 14.7 Å². The molecule has 0 saturated carbocycles. The van der Waals surface area contributed by atoms with E-state index in [0.29, 0.717) is 0 Å². The van der Waals surface area contributed by atoms with Gasteiger partial charge < -0.3 is 14.7 Å². The molecule has 0 bridgehead atoms. The topological polar surface area (TPSA) is 89.9 Å². The third kappa shape index (κ3) is 3.63. The first-order valence-corrected chi connectivity index (χ1v) is 13.7. The summed E-state index contributed by atoms with van der Waals surface area (Å²) in [6.45, 7) is 3.59. The first kappa shape index (κ1) is 23.3. The molecule has 2 heterocycles. The Kier molecular flexibility index (Phi) is 5.74. The van der Waals surface area contributed by atoms with Crippen LogP contribution >= 0.6 is 19.4 Å². The predicted molar refractivity (Wildman–Crippen MR) is 134 cm³/mol. The van der Waals surface area contributed by atoms with Crippen LogP contribution in [0.25, 0.3) is 0 Å². The maximum absolute atomic E-state index is 13.5. The van der Waals surface area contributed by atoms with Crippen LogP contribution in [-0.2, 0) is 14.9 Å². The molecule has 0 aromatic heterocycles. The molecule has 0 spiro atoms. The molecule has 5 rings (SSSR count).